The Bertz CT molecular complexity index is 936. The van der Waals surface area contributed by atoms with E-state index in [0.29, 0.717) is 11.4 Å². The summed E-state index contributed by atoms with van der Waals surface area (Å²) >= 11 is 0. The van der Waals surface area contributed by atoms with Crippen molar-refractivity contribution >= 4 is 23.3 Å². The molecule has 10 heteroatoms. The number of nitrogen functional groups attached to an aromatic ring is 1. The third-order valence-corrected chi connectivity index (χ3v) is 3.20. The minimum atomic E-state index is -0.515. The number of rotatable bonds is 6. The molecule has 132 valence electrons. The highest BCUT2D eigenvalue weighted by Gasteiger charge is 2.09. The lowest BCUT2D eigenvalue weighted by atomic mass is 10.3. The van der Waals surface area contributed by atoms with Crippen molar-refractivity contribution in [3.63, 3.8) is 0 Å². The summed E-state index contributed by atoms with van der Waals surface area (Å²) in [6, 6.07) is 11.4. The van der Waals surface area contributed by atoms with Crippen molar-refractivity contribution in [2.24, 2.45) is 0 Å². The van der Waals surface area contributed by atoms with Crippen molar-refractivity contribution in [1.29, 1.82) is 0 Å². The molecular formula is C16H13FN6O3. The van der Waals surface area contributed by atoms with E-state index >= 15 is 0 Å². The van der Waals surface area contributed by atoms with Gasteiger partial charge in [0.25, 0.3) is 5.69 Å². The van der Waals surface area contributed by atoms with E-state index in [9.17, 15) is 14.5 Å². The van der Waals surface area contributed by atoms with Crippen LogP contribution in [0.2, 0.25) is 0 Å². The Kier molecular flexibility index (Phi) is 4.83. The highest BCUT2D eigenvalue weighted by atomic mass is 19.1. The van der Waals surface area contributed by atoms with Crippen LogP contribution in [0.15, 0.2) is 48.5 Å². The van der Waals surface area contributed by atoms with Crippen LogP contribution in [0.1, 0.15) is 5.82 Å². The number of nitro benzene ring substituents is 1. The van der Waals surface area contributed by atoms with Gasteiger partial charge in [-0.3, -0.25) is 10.1 Å². The first kappa shape index (κ1) is 17.0. The maximum absolute atomic E-state index is 12.9. The largest absolute Gasteiger partial charge is 0.485 e. The summed E-state index contributed by atoms with van der Waals surface area (Å²) in [5, 5.41) is 13.7. The van der Waals surface area contributed by atoms with Crippen molar-refractivity contribution in [2.75, 3.05) is 11.1 Å². The lowest BCUT2D eigenvalue weighted by molar-refractivity contribution is -0.384. The van der Waals surface area contributed by atoms with Gasteiger partial charge in [0, 0.05) is 11.8 Å². The quantitative estimate of drug-likeness (QED) is 0.509. The molecule has 3 aromatic rings. The third kappa shape index (κ3) is 4.38. The van der Waals surface area contributed by atoms with E-state index in [2.05, 4.69) is 20.3 Å². The lowest BCUT2D eigenvalue weighted by Gasteiger charge is -2.08. The van der Waals surface area contributed by atoms with E-state index in [-0.39, 0.29) is 35.8 Å². The monoisotopic (exact) mass is 356 g/mol. The van der Waals surface area contributed by atoms with Crippen molar-refractivity contribution in [1.82, 2.24) is 15.0 Å². The number of benzene rings is 2. The van der Waals surface area contributed by atoms with E-state index in [1.165, 1.54) is 42.5 Å². The molecule has 1 aromatic heterocycles. The van der Waals surface area contributed by atoms with Crippen LogP contribution in [-0.4, -0.2) is 19.9 Å². The number of anilines is 3. The van der Waals surface area contributed by atoms with Gasteiger partial charge in [0.15, 0.2) is 5.82 Å². The second kappa shape index (κ2) is 7.38. The van der Waals surface area contributed by atoms with Crippen LogP contribution < -0.4 is 15.8 Å². The van der Waals surface area contributed by atoms with Crippen LogP contribution in [0.5, 0.6) is 5.75 Å². The van der Waals surface area contributed by atoms with Gasteiger partial charge in [0.1, 0.15) is 18.2 Å². The van der Waals surface area contributed by atoms with Crippen LogP contribution in [-0.2, 0) is 6.61 Å². The number of nitrogens with two attached hydrogens (primary N) is 1. The van der Waals surface area contributed by atoms with Crippen LogP contribution in [0.4, 0.5) is 27.7 Å². The van der Waals surface area contributed by atoms with Gasteiger partial charge in [-0.05, 0) is 30.3 Å². The summed E-state index contributed by atoms with van der Waals surface area (Å²) in [4.78, 5) is 22.3. The Hall–Kier alpha value is -3.82. The maximum atomic E-state index is 12.9. The lowest BCUT2D eigenvalue weighted by Crippen LogP contribution is -2.09. The Morgan fingerprint density at radius 3 is 2.65 bits per heavy atom. The number of nitro groups is 1. The molecule has 0 saturated carbocycles. The SMILES string of the molecule is Nc1nc(COc2cccc([N+](=O)[O-])c2)nc(Nc2ccc(F)cc2)n1. The molecule has 26 heavy (non-hydrogen) atoms. The van der Waals surface area contributed by atoms with Crippen molar-refractivity contribution < 1.29 is 14.1 Å². The standard InChI is InChI=1S/C16H13FN6O3/c17-10-4-6-11(7-5-10)19-16-21-14(20-15(18)22-16)9-26-13-3-1-2-12(8-13)23(24)25/h1-8H,9H2,(H3,18,19,20,21,22). The number of hydrogen-bond donors (Lipinski definition) is 2. The molecule has 0 aliphatic carbocycles. The first-order valence-electron chi connectivity index (χ1n) is 7.40. The second-order valence-corrected chi connectivity index (χ2v) is 5.11. The number of aromatic nitrogens is 3. The van der Waals surface area contributed by atoms with E-state index < -0.39 is 4.92 Å². The van der Waals surface area contributed by atoms with Crippen molar-refractivity contribution in [3.8, 4) is 5.75 Å². The first-order valence-corrected chi connectivity index (χ1v) is 7.40. The normalized spacial score (nSPS) is 10.3. The van der Waals surface area contributed by atoms with Crippen LogP contribution in [0.3, 0.4) is 0 Å². The summed E-state index contributed by atoms with van der Waals surface area (Å²) in [5.74, 6) is 0.306. The van der Waals surface area contributed by atoms with Crippen molar-refractivity contribution in [3.05, 3.63) is 70.3 Å². The van der Waals surface area contributed by atoms with Crippen LogP contribution >= 0.6 is 0 Å². The molecule has 0 atom stereocenters. The van der Waals surface area contributed by atoms with E-state index in [0.717, 1.165) is 0 Å². The van der Waals surface area contributed by atoms with Gasteiger partial charge < -0.3 is 15.8 Å². The van der Waals surface area contributed by atoms with Crippen LogP contribution in [0, 0.1) is 15.9 Å². The minimum Gasteiger partial charge on any atom is -0.485 e. The molecule has 0 saturated heterocycles. The highest BCUT2D eigenvalue weighted by Crippen LogP contribution is 2.20. The summed E-state index contributed by atoms with van der Waals surface area (Å²) in [6.07, 6.45) is 0. The van der Waals surface area contributed by atoms with Gasteiger partial charge in [-0.1, -0.05) is 6.07 Å². The molecule has 9 nitrogen and oxygen atoms in total. The smallest absolute Gasteiger partial charge is 0.273 e. The molecule has 0 spiro atoms. The van der Waals surface area contributed by atoms with E-state index in [1.54, 1.807) is 6.07 Å². The molecule has 3 N–H and O–H groups in total. The fraction of sp³-hybridized carbons (Fsp3) is 0.0625. The van der Waals surface area contributed by atoms with Crippen molar-refractivity contribution in [2.45, 2.75) is 6.61 Å². The molecule has 1 heterocycles. The topological polar surface area (TPSA) is 129 Å². The first-order chi connectivity index (χ1) is 12.5. The number of hydrogen-bond acceptors (Lipinski definition) is 8. The zero-order valence-corrected chi connectivity index (χ0v) is 13.3. The third-order valence-electron chi connectivity index (χ3n) is 3.20. The van der Waals surface area contributed by atoms with Gasteiger partial charge in [0.05, 0.1) is 11.0 Å². The molecule has 2 aromatic carbocycles. The second-order valence-electron chi connectivity index (χ2n) is 5.11. The van der Waals surface area contributed by atoms with Gasteiger partial charge in [0.2, 0.25) is 11.9 Å². The number of nitrogens with one attached hydrogen (secondary N) is 1. The molecule has 0 bridgehead atoms. The average molecular weight is 356 g/mol. The average Bonchev–Trinajstić information content (AvgIpc) is 2.62. The zero-order valence-electron chi connectivity index (χ0n) is 13.3. The Balaban J connectivity index is 1.72. The van der Waals surface area contributed by atoms with Gasteiger partial charge in [-0.25, -0.2) is 4.39 Å². The zero-order chi connectivity index (χ0) is 18.5. The number of nitrogens with zero attached hydrogens (tertiary/aromatic N) is 4. The van der Waals surface area contributed by atoms with E-state index in [4.69, 9.17) is 10.5 Å². The van der Waals surface area contributed by atoms with Gasteiger partial charge >= 0.3 is 0 Å². The predicted molar refractivity (Wildman–Crippen MR) is 91.4 cm³/mol. The number of halogens is 1. The molecule has 0 aliphatic heterocycles. The van der Waals surface area contributed by atoms with Crippen LogP contribution in [0.25, 0.3) is 0 Å². The molecule has 0 unspecified atom stereocenters. The molecule has 0 amide bonds. The Labute approximate surface area is 146 Å². The van der Waals surface area contributed by atoms with Gasteiger partial charge in [-0.15, -0.1) is 0 Å². The highest BCUT2D eigenvalue weighted by molar-refractivity contribution is 5.53. The molecule has 0 fully saturated rings. The fourth-order valence-electron chi connectivity index (χ4n) is 2.06. The molecule has 0 radical (unpaired) electrons. The minimum absolute atomic E-state index is 0.0257. The predicted octanol–water partition coefficient (Wildman–Crippen LogP) is 2.82. The summed E-state index contributed by atoms with van der Waals surface area (Å²) < 4.78 is 18.4. The van der Waals surface area contributed by atoms with Gasteiger partial charge in [-0.2, -0.15) is 15.0 Å². The maximum Gasteiger partial charge on any atom is 0.273 e. The summed E-state index contributed by atoms with van der Waals surface area (Å²) in [7, 11) is 0. The molecule has 0 aliphatic rings. The number of ether oxygens (including phenoxy) is 1. The summed E-state index contributed by atoms with van der Waals surface area (Å²) in [5.41, 5.74) is 6.15. The van der Waals surface area contributed by atoms with E-state index in [1.807, 2.05) is 0 Å². The fourth-order valence-corrected chi connectivity index (χ4v) is 2.06. The molecular weight excluding hydrogens is 343 g/mol. The molecule has 3 rings (SSSR count). The Morgan fingerprint density at radius 2 is 1.92 bits per heavy atom. The number of non-ortho nitro benzene ring substituents is 1. The summed E-state index contributed by atoms with van der Waals surface area (Å²) in [6.45, 7) is -0.0635. The Morgan fingerprint density at radius 1 is 1.15 bits per heavy atom.